The van der Waals surface area contributed by atoms with E-state index in [4.69, 9.17) is 18.9 Å². The average Bonchev–Trinajstić information content (AvgIpc) is 3.33. The number of hydrogen-bond acceptors (Lipinski definition) is 10. The zero-order valence-corrected chi connectivity index (χ0v) is 19.3. The van der Waals surface area contributed by atoms with Gasteiger partial charge in [-0.25, -0.2) is 14.4 Å². The highest BCUT2D eigenvalue weighted by Crippen LogP contribution is 2.44. The van der Waals surface area contributed by atoms with E-state index in [0.717, 1.165) is 11.8 Å². The molecule has 0 spiro atoms. The molecule has 1 aliphatic carbocycles. The number of esters is 1. The number of carboxylic acids is 2. The molecule has 0 aromatic heterocycles. The number of fused-ring (bicyclic) bond motifs is 1. The van der Waals surface area contributed by atoms with Gasteiger partial charge in [-0.05, 0) is 18.1 Å². The number of rotatable bonds is 8. The smallest absolute Gasteiger partial charge is 0.335 e. The van der Waals surface area contributed by atoms with Crippen LogP contribution in [0.15, 0.2) is 59.9 Å². The fourth-order valence-electron chi connectivity index (χ4n) is 4.52. The van der Waals surface area contributed by atoms with Gasteiger partial charge in [0.25, 0.3) is 0 Å². The zero-order chi connectivity index (χ0) is 26.7. The molecule has 2 heterocycles. The van der Waals surface area contributed by atoms with Crippen LogP contribution < -0.4 is 0 Å². The molecule has 1 saturated heterocycles. The van der Waals surface area contributed by atoms with E-state index < -0.39 is 73.3 Å². The number of carbonyl (C=O) groups excluding carboxylic acids is 1. The van der Waals surface area contributed by atoms with E-state index in [2.05, 4.69) is 0 Å². The molecule has 37 heavy (non-hydrogen) atoms. The topological polar surface area (TPSA) is 189 Å². The van der Waals surface area contributed by atoms with Crippen LogP contribution >= 0.6 is 0 Å². The zero-order valence-electron chi connectivity index (χ0n) is 19.3. The summed E-state index contributed by atoms with van der Waals surface area (Å²) in [6, 6.07) is 8.96. The fraction of sp³-hybridized carbons (Fsp3) is 0.400. The van der Waals surface area contributed by atoms with Gasteiger partial charge >= 0.3 is 17.9 Å². The standard InChI is InChI=1S/C25H26O12/c26-17(9-6-12-4-2-1-3-5-12)34-11-16-19(27)20(28)21(29)25(36-16)37-24-18-13(7-8-14(18)22(30)31)15(10-35-24)23(32)33/h1-6,8-10,13,16,18-21,24-25,27-29H,7,11H2,(H,30,31)(H,32,33)/b9-6+/t13-,16-,18+,19-,20+,21-,24-,25+/m1/s1. The molecular formula is C25H26O12. The second-order valence-electron chi connectivity index (χ2n) is 8.74. The van der Waals surface area contributed by atoms with Gasteiger partial charge < -0.3 is 44.5 Å². The number of aliphatic hydroxyl groups is 3. The number of hydrogen-bond donors (Lipinski definition) is 5. The van der Waals surface area contributed by atoms with Crippen LogP contribution in [0.4, 0.5) is 0 Å². The van der Waals surface area contributed by atoms with Gasteiger partial charge in [0.2, 0.25) is 6.29 Å². The SMILES string of the molecule is O=C(/C=C/c1ccccc1)OC[C@H]1O[C@@H](O[C@H]2OC=C(C(=O)O)[C@H]3CC=C(C(=O)O)[C@@H]23)[C@H](O)[C@@H](O)[C@@H]1O. The minimum Gasteiger partial charge on any atom is -0.478 e. The number of aliphatic carboxylic acids is 2. The van der Waals surface area contributed by atoms with Crippen molar-refractivity contribution >= 4 is 24.0 Å². The second kappa shape index (κ2) is 11.2. The molecule has 1 fully saturated rings. The van der Waals surface area contributed by atoms with E-state index in [0.29, 0.717) is 0 Å². The van der Waals surface area contributed by atoms with Crippen molar-refractivity contribution in [3.63, 3.8) is 0 Å². The van der Waals surface area contributed by atoms with Gasteiger partial charge in [0.15, 0.2) is 6.29 Å². The van der Waals surface area contributed by atoms with Crippen LogP contribution in [0, 0.1) is 11.8 Å². The summed E-state index contributed by atoms with van der Waals surface area (Å²) in [6.45, 7) is -0.496. The van der Waals surface area contributed by atoms with E-state index >= 15 is 0 Å². The third kappa shape index (κ3) is 5.73. The molecule has 8 atom stereocenters. The van der Waals surface area contributed by atoms with E-state index in [1.54, 1.807) is 24.3 Å². The third-order valence-corrected chi connectivity index (χ3v) is 6.44. The Morgan fingerprint density at radius 3 is 2.32 bits per heavy atom. The number of benzene rings is 1. The summed E-state index contributed by atoms with van der Waals surface area (Å²) in [4.78, 5) is 35.4. The summed E-state index contributed by atoms with van der Waals surface area (Å²) in [5.41, 5.74) is 0.502. The summed E-state index contributed by atoms with van der Waals surface area (Å²) in [7, 11) is 0. The Bertz CT molecular complexity index is 1110. The van der Waals surface area contributed by atoms with Crippen molar-refractivity contribution in [2.45, 2.75) is 43.4 Å². The molecule has 4 rings (SSSR count). The Hall–Kier alpha value is -3.55. The van der Waals surface area contributed by atoms with E-state index in [1.165, 1.54) is 18.2 Å². The molecule has 0 unspecified atom stereocenters. The van der Waals surface area contributed by atoms with Gasteiger partial charge in [-0.15, -0.1) is 0 Å². The highest BCUT2D eigenvalue weighted by atomic mass is 16.8. The molecule has 0 radical (unpaired) electrons. The van der Waals surface area contributed by atoms with Crippen molar-refractivity contribution in [3.05, 3.63) is 65.5 Å². The largest absolute Gasteiger partial charge is 0.478 e. The minimum atomic E-state index is -1.77. The predicted octanol–water partition coefficient (Wildman–Crippen LogP) is 0.0391. The maximum absolute atomic E-state index is 12.1. The first-order valence-corrected chi connectivity index (χ1v) is 11.4. The maximum atomic E-state index is 12.1. The van der Waals surface area contributed by atoms with Gasteiger partial charge in [-0.3, -0.25) is 0 Å². The van der Waals surface area contributed by atoms with Crippen molar-refractivity contribution in [1.82, 2.24) is 0 Å². The Balaban J connectivity index is 1.43. The predicted molar refractivity (Wildman–Crippen MR) is 122 cm³/mol. The summed E-state index contributed by atoms with van der Waals surface area (Å²) >= 11 is 0. The van der Waals surface area contributed by atoms with E-state index in [-0.39, 0.29) is 17.6 Å². The highest BCUT2D eigenvalue weighted by molar-refractivity contribution is 5.91. The van der Waals surface area contributed by atoms with Crippen LogP contribution in [0.1, 0.15) is 12.0 Å². The van der Waals surface area contributed by atoms with Crippen LogP contribution in [0.2, 0.25) is 0 Å². The molecule has 198 valence electrons. The lowest BCUT2D eigenvalue weighted by atomic mass is 9.83. The fourth-order valence-corrected chi connectivity index (χ4v) is 4.52. The van der Waals surface area contributed by atoms with Crippen LogP contribution in [0.25, 0.3) is 6.08 Å². The molecule has 12 heteroatoms. The van der Waals surface area contributed by atoms with Crippen LogP contribution in [0.3, 0.4) is 0 Å². The molecule has 1 aromatic rings. The maximum Gasteiger partial charge on any atom is 0.335 e. The molecule has 0 saturated carbocycles. The summed E-state index contributed by atoms with van der Waals surface area (Å²) in [5, 5.41) is 50.1. The molecule has 0 amide bonds. The van der Waals surface area contributed by atoms with Crippen molar-refractivity contribution in [1.29, 1.82) is 0 Å². The lowest BCUT2D eigenvalue weighted by Crippen LogP contribution is -2.60. The van der Waals surface area contributed by atoms with E-state index in [9.17, 15) is 39.9 Å². The number of carbonyl (C=O) groups is 3. The first-order chi connectivity index (χ1) is 17.7. The molecular weight excluding hydrogens is 492 g/mol. The lowest BCUT2D eigenvalue weighted by Gasteiger charge is -2.42. The number of ether oxygens (including phenoxy) is 4. The van der Waals surface area contributed by atoms with Crippen molar-refractivity contribution in [2.24, 2.45) is 11.8 Å². The van der Waals surface area contributed by atoms with Gasteiger partial charge in [0.05, 0.1) is 17.8 Å². The Morgan fingerprint density at radius 1 is 0.946 bits per heavy atom. The van der Waals surface area contributed by atoms with Crippen LogP contribution in [-0.4, -0.2) is 87.0 Å². The normalized spacial score (nSPS) is 33.2. The van der Waals surface area contributed by atoms with Gasteiger partial charge in [0.1, 0.15) is 31.0 Å². The summed E-state index contributed by atoms with van der Waals surface area (Å²) in [6.07, 6.45) is -4.33. The molecule has 1 aromatic carbocycles. The second-order valence-corrected chi connectivity index (χ2v) is 8.74. The summed E-state index contributed by atoms with van der Waals surface area (Å²) < 4.78 is 21.7. The first kappa shape index (κ1) is 26.5. The Morgan fingerprint density at radius 2 is 1.65 bits per heavy atom. The molecule has 2 aliphatic heterocycles. The average molecular weight is 518 g/mol. The van der Waals surface area contributed by atoms with Crippen LogP contribution in [-0.2, 0) is 33.3 Å². The Kier molecular flexibility index (Phi) is 8.05. The molecule has 3 aliphatic rings. The van der Waals surface area contributed by atoms with Gasteiger partial charge in [0, 0.05) is 17.6 Å². The van der Waals surface area contributed by atoms with Crippen molar-refractivity contribution in [2.75, 3.05) is 6.61 Å². The number of carboxylic acid groups (broad SMARTS) is 2. The van der Waals surface area contributed by atoms with E-state index in [1.807, 2.05) is 6.07 Å². The first-order valence-electron chi connectivity index (χ1n) is 11.4. The monoisotopic (exact) mass is 518 g/mol. The van der Waals surface area contributed by atoms with Crippen LogP contribution in [0.5, 0.6) is 0 Å². The molecule has 5 N–H and O–H groups in total. The van der Waals surface area contributed by atoms with Crippen molar-refractivity contribution in [3.8, 4) is 0 Å². The highest BCUT2D eigenvalue weighted by Gasteiger charge is 2.51. The quantitative estimate of drug-likeness (QED) is 0.230. The Labute approximate surface area is 210 Å². The number of aliphatic hydroxyl groups excluding tert-OH is 3. The minimum absolute atomic E-state index is 0.122. The third-order valence-electron chi connectivity index (χ3n) is 6.44. The van der Waals surface area contributed by atoms with Gasteiger partial charge in [-0.2, -0.15) is 0 Å². The van der Waals surface area contributed by atoms with Crippen molar-refractivity contribution < 1.29 is 58.9 Å². The molecule has 12 nitrogen and oxygen atoms in total. The van der Waals surface area contributed by atoms with Gasteiger partial charge in [-0.1, -0.05) is 36.4 Å². The summed E-state index contributed by atoms with van der Waals surface area (Å²) in [5.74, 6) is -5.10. The lowest BCUT2D eigenvalue weighted by molar-refractivity contribution is -0.339. The number of allylic oxidation sites excluding steroid dienone is 1. The molecule has 0 bridgehead atoms.